The van der Waals surface area contributed by atoms with E-state index >= 15 is 0 Å². The van der Waals surface area contributed by atoms with Crippen molar-refractivity contribution in [1.29, 1.82) is 0 Å². The van der Waals surface area contributed by atoms with E-state index in [2.05, 4.69) is 10.3 Å². The molecule has 0 radical (unpaired) electrons. The molecule has 2 aromatic rings. The van der Waals surface area contributed by atoms with Gasteiger partial charge in [-0.05, 0) is 37.6 Å². The second-order valence-corrected chi connectivity index (χ2v) is 4.72. The van der Waals surface area contributed by atoms with Crippen LogP contribution in [0.4, 0.5) is 4.39 Å². The lowest BCUT2D eigenvalue weighted by atomic mass is 10.1. The first-order chi connectivity index (χ1) is 10.0. The van der Waals surface area contributed by atoms with Gasteiger partial charge in [0, 0.05) is 6.20 Å². The normalized spacial score (nSPS) is 11.8. The highest BCUT2D eigenvalue weighted by Crippen LogP contribution is 2.22. The van der Waals surface area contributed by atoms with Gasteiger partial charge in [0.25, 0.3) is 5.91 Å². The predicted molar refractivity (Wildman–Crippen MR) is 77.8 cm³/mol. The fourth-order valence-electron chi connectivity index (χ4n) is 2.18. The average molecular weight is 288 g/mol. The number of hydrogen-bond donors (Lipinski definition) is 1. The molecule has 0 aliphatic rings. The largest absolute Gasteiger partial charge is 0.496 e. The Kier molecular flexibility index (Phi) is 4.52. The van der Waals surface area contributed by atoms with Gasteiger partial charge in [-0.15, -0.1) is 0 Å². The van der Waals surface area contributed by atoms with E-state index in [1.165, 1.54) is 19.2 Å². The number of carbonyl (C=O) groups is 1. The van der Waals surface area contributed by atoms with Gasteiger partial charge in [-0.1, -0.05) is 12.1 Å². The van der Waals surface area contributed by atoms with Gasteiger partial charge < -0.3 is 10.1 Å². The standard InChI is InChI=1S/C16H17FN2O2/c1-10-6-5-9-18-15(10)11(2)19-16(20)14-12(17)7-4-8-13(14)21-3/h4-9,11H,1-3H3,(H,19,20)/t11-/m1/s1. The van der Waals surface area contributed by atoms with E-state index in [9.17, 15) is 9.18 Å². The van der Waals surface area contributed by atoms with E-state index in [0.29, 0.717) is 0 Å². The highest BCUT2D eigenvalue weighted by atomic mass is 19.1. The van der Waals surface area contributed by atoms with Crippen molar-refractivity contribution in [2.24, 2.45) is 0 Å². The minimum atomic E-state index is -0.614. The van der Waals surface area contributed by atoms with Crippen LogP contribution in [-0.4, -0.2) is 18.0 Å². The number of pyridine rings is 1. The summed E-state index contributed by atoms with van der Waals surface area (Å²) in [5.41, 5.74) is 1.62. The molecule has 0 fully saturated rings. The summed E-state index contributed by atoms with van der Waals surface area (Å²) in [6.45, 7) is 3.72. The smallest absolute Gasteiger partial charge is 0.258 e. The molecular formula is C16H17FN2O2. The number of benzene rings is 1. The van der Waals surface area contributed by atoms with Crippen molar-refractivity contribution in [2.75, 3.05) is 7.11 Å². The zero-order valence-electron chi connectivity index (χ0n) is 12.2. The Balaban J connectivity index is 2.25. The molecule has 0 bridgehead atoms. The summed E-state index contributed by atoms with van der Waals surface area (Å²) in [7, 11) is 1.40. The van der Waals surface area contributed by atoms with Gasteiger partial charge in [-0.3, -0.25) is 9.78 Å². The molecule has 1 amide bonds. The number of hydrogen-bond acceptors (Lipinski definition) is 3. The zero-order valence-corrected chi connectivity index (χ0v) is 12.2. The highest BCUT2D eigenvalue weighted by molar-refractivity contribution is 5.97. The molecule has 110 valence electrons. The summed E-state index contributed by atoms with van der Waals surface area (Å²) in [5, 5.41) is 2.75. The molecular weight excluding hydrogens is 271 g/mol. The number of halogens is 1. The van der Waals surface area contributed by atoms with E-state index < -0.39 is 11.7 Å². The van der Waals surface area contributed by atoms with Gasteiger partial charge in [0.1, 0.15) is 17.1 Å². The summed E-state index contributed by atoms with van der Waals surface area (Å²) in [4.78, 5) is 16.5. The zero-order chi connectivity index (χ0) is 15.4. The number of ether oxygens (including phenoxy) is 1. The Morgan fingerprint density at radius 1 is 1.33 bits per heavy atom. The first-order valence-electron chi connectivity index (χ1n) is 6.59. The number of methoxy groups -OCH3 is 1. The molecule has 2 rings (SSSR count). The van der Waals surface area contributed by atoms with Crippen LogP contribution in [0.25, 0.3) is 0 Å². The van der Waals surface area contributed by atoms with Crippen LogP contribution in [-0.2, 0) is 0 Å². The van der Waals surface area contributed by atoms with Crippen LogP contribution in [0.3, 0.4) is 0 Å². The number of carbonyl (C=O) groups excluding carboxylic acids is 1. The third-order valence-corrected chi connectivity index (χ3v) is 3.23. The van der Waals surface area contributed by atoms with Crippen molar-refractivity contribution in [3.05, 3.63) is 59.2 Å². The maximum absolute atomic E-state index is 13.9. The van der Waals surface area contributed by atoms with Gasteiger partial charge >= 0.3 is 0 Å². The van der Waals surface area contributed by atoms with Gasteiger partial charge in [0.05, 0.1) is 18.8 Å². The first-order valence-corrected chi connectivity index (χ1v) is 6.59. The summed E-state index contributed by atoms with van der Waals surface area (Å²) in [6.07, 6.45) is 1.66. The maximum atomic E-state index is 13.9. The van der Waals surface area contributed by atoms with Crippen molar-refractivity contribution in [2.45, 2.75) is 19.9 Å². The summed E-state index contributed by atoms with van der Waals surface area (Å²) < 4.78 is 18.9. The lowest BCUT2D eigenvalue weighted by Crippen LogP contribution is -2.28. The molecule has 1 heterocycles. The molecule has 5 heteroatoms. The van der Waals surface area contributed by atoms with Crippen molar-refractivity contribution in [3.63, 3.8) is 0 Å². The van der Waals surface area contributed by atoms with Crippen molar-refractivity contribution >= 4 is 5.91 Å². The Morgan fingerprint density at radius 2 is 2.10 bits per heavy atom. The van der Waals surface area contributed by atoms with Gasteiger partial charge in [-0.25, -0.2) is 4.39 Å². The van der Waals surface area contributed by atoms with Gasteiger partial charge in [-0.2, -0.15) is 0 Å². The average Bonchev–Trinajstić information content (AvgIpc) is 2.46. The number of rotatable bonds is 4. The van der Waals surface area contributed by atoms with Gasteiger partial charge in [0.15, 0.2) is 0 Å². The molecule has 0 saturated carbocycles. The highest BCUT2D eigenvalue weighted by Gasteiger charge is 2.20. The molecule has 0 saturated heterocycles. The third kappa shape index (κ3) is 3.18. The molecule has 0 spiro atoms. The van der Waals surface area contributed by atoms with E-state index in [-0.39, 0.29) is 17.4 Å². The van der Waals surface area contributed by atoms with Crippen LogP contribution in [0, 0.1) is 12.7 Å². The molecule has 1 N–H and O–H groups in total. The van der Waals surface area contributed by atoms with E-state index in [1.807, 2.05) is 19.1 Å². The van der Waals surface area contributed by atoms with Crippen molar-refractivity contribution < 1.29 is 13.9 Å². The van der Waals surface area contributed by atoms with Crippen LogP contribution in [0.1, 0.15) is 34.6 Å². The summed E-state index contributed by atoms with van der Waals surface area (Å²) in [6, 6.07) is 7.69. The number of nitrogens with one attached hydrogen (secondary N) is 1. The number of aryl methyl sites for hydroxylation is 1. The quantitative estimate of drug-likeness (QED) is 0.940. The van der Waals surface area contributed by atoms with Crippen molar-refractivity contribution in [3.8, 4) is 5.75 Å². The van der Waals surface area contributed by atoms with E-state index in [0.717, 1.165) is 11.3 Å². The summed E-state index contributed by atoms with van der Waals surface area (Å²) in [5.74, 6) is -0.934. The molecule has 21 heavy (non-hydrogen) atoms. The maximum Gasteiger partial charge on any atom is 0.258 e. The predicted octanol–water partition coefficient (Wildman–Crippen LogP) is 3.03. The molecule has 0 aliphatic heterocycles. The second kappa shape index (κ2) is 6.35. The molecule has 0 unspecified atom stereocenters. The fraction of sp³-hybridized carbons (Fsp3) is 0.250. The van der Waals surface area contributed by atoms with Gasteiger partial charge in [0.2, 0.25) is 0 Å². The number of amides is 1. The molecule has 1 aromatic heterocycles. The Labute approximate surface area is 123 Å². The van der Waals surface area contributed by atoms with Crippen LogP contribution >= 0.6 is 0 Å². The first kappa shape index (κ1) is 15.0. The molecule has 1 atom stereocenters. The van der Waals surface area contributed by atoms with Crippen LogP contribution in [0.15, 0.2) is 36.5 Å². The second-order valence-electron chi connectivity index (χ2n) is 4.72. The topological polar surface area (TPSA) is 51.2 Å². The van der Waals surface area contributed by atoms with E-state index in [1.54, 1.807) is 19.2 Å². The van der Waals surface area contributed by atoms with E-state index in [4.69, 9.17) is 4.74 Å². The molecule has 1 aromatic carbocycles. The van der Waals surface area contributed by atoms with Crippen LogP contribution in [0.2, 0.25) is 0 Å². The summed E-state index contributed by atoms with van der Waals surface area (Å²) >= 11 is 0. The molecule has 4 nitrogen and oxygen atoms in total. The Hall–Kier alpha value is -2.43. The Morgan fingerprint density at radius 3 is 2.76 bits per heavy atom. The molecule has 0 aliphatic carbocycles. The third-order valence-electron chi connectivity index (χ3n) is 3.23. The SMILES string of the molecule is COc1cccc(F)c1C(=O)N[C@H](C)c1ncccc1C. The number of aromatic nitrogens is 1. The lowest BCUT2D eigenvalue weighted by molar-refractivity contribution is 0.0931. The van der Waals surface area contributed by atoms with Crippen molar-refractivity contribution in [1.82, 2.24) is 10.3 Å². The monoisotopic (exact) mass is 288 g/mol. The minimum absolute atomic E-state index is 0.0968. The van der Waals surface area contributed by atoms with Crippen LogP contribution in [0.5, 0.6) is 5.75 Å². The minimum Gasteiger partial charge on any atom is -0.496 e. The lowest BCUT2D eigenvalue weighted by Gasteiger charge is -2.16. The fourth-order valence-corrected chi connectivity index (χ4v) is 2.18. The Bertz CT molecular complexity index is 658. The number of nitrogens with zero attached hydrogens (tertiary/aromatic N) is 1. The van der Waals surface area contributed by atoms with Crippen LogP contribution < -0.4 is 10.1 Å².